The van der Waals surface area contributed by atoms with Crippen LogP contribution in [0.25, 0.3) is 0 Å². The maximum Gasteiger partial charge on any atom is 0.245 e. The van der Waals surface area contributed by atoms with E-state index in [2.05, 4.69) is 9.88 Å². The molecule has 0 spiro atoms. The van der Waals surface area contributed by atoms with Gasteiger partial charge in [-0.15, -0.1) is 0 Å². The first-order valence-corrected chi connectivity index (χ1v) is 13.4. The summed E-state index contributed by atoms with van der Waals surface area (Å²) in [6.45, 7) is 6.98. The summed E-state index contributed by atoms with van der Waals surface area (Å²) in [6.07, 6.45) is 1.44. The minimum atomic E-state index is -3.78. The molecule has 0 N–H and O–H groups in total. The van der Waals surface area contributed by atoms with Gasteiger partial charge in [0.15, 0.2) is 0 Å². The van der Waals surface area contributed by atoms with Crippen molar-refractivity contribution in [3.8, 4) is 0 Å². The summed E-state index contributed by atoms with van der Waals surface area (Å²) in [4.78, 5) is 20.9. The average molecular weight is 493 g/mol. The Hall–Kier alpha value is -3.23. The Morgan fingerprint density at radius 3 is 1.86 bits per heavy atom. The molecule has 184 valence electrons. The SMILES string of the molecule is CC(C)C(=O)N1CCN(c2ccc(S(=O)(=O)N(Cc3ccccc3)Cc3ccccc3)cn2)CC1. The number of sulfonamides is 1. The lowest BCUT2D eigenvalue weighted by Gasteiger charge is -2.36. The van der Waals surface area contributed by atoms with Gasteiger partial charge in [-0.05, 0) is 23.3 Å². The number of piperazine rings is 1. The molecule has 1 aliphatic rings. The highest BCUT2D eigenvalue weighted by atomic mass is 32.2. The standard InChI is InChI=1S/C27H32N4O3S/c1-22(2)27(32)30-17-15-29(16-18-30)26-14-13-25(19-28-26)35(33,34)31(20-23-9-5-3-6-10-23)21-24-11-7-4-8-12-24/h3-14,19,22H,15-18,20-21H2,1-2H3. The van der Waals surface area contributed by atoms with Crippen LogP contribution in [0.15, 0.2) is 83.9 Å². The number of carbonyl (C=O) groups excluding carboxylic acids is 1. The van der Waals surface area contributed by atoms with Crippen LogP contribution in [0, 0.1) is 5.92 Å². The molecule has 1 aromatic heterocycles. The minimum absolute atomic E-state index is 0.0149. The number of aromatic nitrogens is 1. The van der Waals surface area contributed by atoms with E-state index in [1.54, 1.807) is 12.1 Å². The lowest BCUT2D eigenvalue weighted by atomic mass is 10.1. The van der Waals surface area contributed by atoms with Crippen LogP contribution in [0.4, 0.5) is 5.82 Å². The van der Waals surface area contributed by atoms with Gasteiger partial charge in [-0.3, -0.25) is 4.79 Å². The van der Waals surface area contributed by atoms with Crippen LogP contribution in [-0.2, 0) is 27.9 Å². The van der Waals surface area contributed by atoms with Gasteiger partial charge in [0.1, 0.15) is 10.7 Å². The van der Waals surface area contributed by atoms with E-state index in [4.69, 9.17) is 0 Å². The quantitative estimate of drug-likeness (QED) is 0.479. The molecule has 0 unspecified atom stereocenters. The van der Waals surface area contributed by atoms with E-state index in [1.165, 1.54) is 10.5 Å². The highest BCUT2D eigenvalue weighted by Crippen LogP contribution is 2.23. The molecule has 7 nitrogen and oxygen atoms in total. The monoisotopic (exact) mass is 492 g/mol. The molecule has 2 aromatic carbocycles. The molecular formula is C27H32N4O3S. The average Bonchev–Trinajstić information content (AvgIpc) is 2.89. The third-order valence-corrected chi connectivity index (χ3v) is 7.95. The molecule has 1 fully saturated rings. The highest BCUT2D eigenvalue weighted by Gasteiger charge is 2.27. The predicted molar refractivity (Wildman–Crippen MR) is 137 cm³/mol. The zero-order valence-electron chi connectivity index (χ0n) is 20.2. The van der Waals surface area contributed by atoms with Gasteiger partial charge in [-0.2, -0.15) is 4.31 Å². The summed E-state index contributed by atoms with van der Waals surface area (Å²) < 4.78 is 28.8. The fraction of sp³-hybridized carbons (Fsp3) is 0.333. The molecule has 0 bridgehead atoms. The first kappa shape index (κ1) is 24.9. The normalized spacial score (nSPS) is 14.5. The summed E-state index contributed by atoms with van der Waals surface area (Å²) >= 11 is 0. The molecule has 4 rings (SSSR count). The predicted octanol–water partition coefficient (Wildman–Crippen LogP) is 3.78. The van der Waals surface area contributed by atoms with Crippen molar-refractivity contribution in [1.29, 1.82) is 0 Å². The van der Waals surface area contributed by atoms with E-state index in [9.17, 15) is 13.2 Å². The van der Waals surface area contributed by atoms with Crippen LogP contribution in [-0.4, -0.2) is 54.7 Å². The molecule has 0 aliphatic carbocycles. The third-order valence-electron chi connectivity index (χ3n) is 6.17. The molecular weight excluding hydrogens is 460 g/mol. The van der Waals surface area contributed by atoms with Gasteiger partial charge in [0.2, 0.25) is 15.9 Å². The summed E-state index contributed by atoms with van der Waals surface area (Å²) in [5.74, 6) is 0.869. The Labute approximate surface area is 208 Å². The molecule has 3 aromatic rings. The van der Waals surface area contributed by atoms with Crippen LogP contribution in [0.2, 0.25) is 0 Å². The fourth-order valence-electron chi connectivity index (χ4n) is 4.18. The second kappa shape index (κ2) is 11.0. The minimum Gasteiger partial charge on any atom is -0.353 e. The molecule has 1 amide bonds. The van der Waals surface area contributed by atoms with Crippen LogP contribution in [0.3, 0.4) is 0 Å². The summed E-state index contributed by atoms with van der Waals surface area (Å²) in [5, 5.41) is 0. The van der Waals surface area contributed by atoms with Crippen LogP contribution < -0.4 is 4.90 Å². The first-order chi connectivity index (χ1) is 16.8. The lowest BCUT2D eigenvalue weighted by Crippen LogP contribution is -2.50. The molecule has 35 heavy (non-hydrogen) atoms. The van der Waals surface area contributed by atoms with E-state index in [0.29, 0.717) is 26.2 Å². The lowest BCUT2D eigenvalue weighted by molar-refractivity contribution is -0.134. The molecule has 1 aliphatic heterocycles. The fourth-order valence-corrected chi connectivity index (χ4v) is 5.54. The maximum absolute atomic E-state index is 13.6. The molecule has 0 radical (unpaired) electrons. The number of amides is 1. The molecule has 1 saturated heterocycles. The maximum atomic E-state index is 13.6. The second-order valence-corrected chi connectivity index (χ2v) is 11.0. The number of hydrogen-bond donors (Lipinski definition) is 0. The zero-order chi connectivity index (χ0) is 24.8. The number of pyridine rings is 1. The number of carbonyl (C=O) groups is 1. The van der Waals surface area contributed by atoms with Crippen molar-refractivity contribution in [3.05, 3.63) is 90.1 Å². The second-order valence-electron chi connectivity index (χ2n) is 9.06. The molecule has 2 heterocycles. The zero-order valence-corrected chi connectivity index (χ0v) is 21.1. The third kappa shape index (κ3) is 6.07. The van der Waals surface area contributed by atoms with Gasteiger partial charge >= 0.3 is 0 Å². The molecule has 0 atom stereocenters. The van der Waals surface area contributed by atoms with Gasteiger partial charge in [0.25, 0.3) is 0 Å². The number of anilines is 1. The van der Waals surface area contributed by atoms with Crippen LogP contribution in [0.5, 0.6) is 0 Å². The topological polar surface area (TPSA) is 73.8 Å². The van der Waals surface area contributed by atoms with E-state index in [1.807, 2.05) is 79.4 Å². The van der Waals surface area contributed by atoms with E-state index >= 15 is 0 Å². The molecule has 8 heteroatoms. The van der Waals surface area contributed by atoms with Crippen molar-refractivity contribution < 1.29 is 13.2 Å². The van der Waals surface area contributed by atoms with Crippen molar-refractivity contribution in [1.82, 2.24) is 14.2 Å². The Morgan fingerprint density at radius 2 is 1.40 bits per heavy atom. The highest BCUT2D eigenvalue weighted by molar-refractivity contribution is 7.89. The Morgan fingerprint density at radius 1 is 0.857 bits per heavy atom. The number of rotatable bonds is 8. The van der Waals surface area contributed by atoms with Crippen LogP contribution in [0.1, 0.15) is 25.0 Å². The van der Waals surface area contributed by atoms with E-state index < -0.39 is 10.0 Å². The molecule has 0 saturated carbocycles. The largest absolute Gasteiger partial charge is 0.353 e. The number of hydrogen-bond acceptors (Lipinski definition) is 5. The summed E-state index contributed by atoms with van der Waals surface area (Å²) in [5.41, 5.74) is 1.84. The number of benzene rings is 2. The van der Waals surface area contributed by atoms with Crippen molar-refractivity contribution in [2.45, 2.75) is 31.8 Å². The van der Waals surface area contributed by atoms with Crippen molar-refractivity contribution in [2.24, 2.45) is 5.92 Å². The van der Waals surface area contributed by atoms with Gasteiger partial charge in [0.05, 0.1) is 0 Å². The summed E-state index contributed by atoms with van der Waals surface area (Å²) in [7, 11) is -3.78. The number of nitrogens with zero attached hydrogens (tertiary/aromatic N) is 4. The summed E-state index contributed by atoms with van der Waals surface area (Å²) in [6, 6.07) is 22.6. The van der Waals surface area contributed by atoms with E-state index in [0.717, 1.165) is 16.9 Å². The van der Waals surface area contributed by atoms with Gasteiger partial charge < -0.3 is 9.80 Å². The van der Waals surface area contributed by atoms with Crippen molar-refractivity contribution >= 4 is 21.7 Å². The smallest absolute Gasteiger partial charge is 0.245 e. The van der Waals surface area contributed by atoms with Gasteiger partial charge in [-0.25, -0.2) is 13.4 Å². The van der Waals surface area contributed by atoms with E-state index in [-0.39, 0.29) is 29.8 Å². The van der Waals surface area contributed by atoms with Gasteiger partial charge in [-0.1, -0.05) is 74.5 Å². The Balaban J connectivity index is 1.51. The van der Waals surface area contributed by atoms with Crippen molar-refractivity contribution in [2.75, 3.05) is 31.1 Å². The van der Waals surface area contributed by atoms with Crippen molar-refractivity contribution in [3.63, 3.8) is 0 Å². The Bertz CT molecular complexity index is 1170. The van der Waals surface area contributed by atoms with Gasteiger partial charge in [0, 0.05) is 51.4 Å². The van der Waals surface area contributed by atoms with Crippen LogP contribution >= 0.6 is 0 Å². The first-order valence-electron chi connectivity index (χ1n) is 11.9. The Kier molecular flexibility index (Phi) is 7.83.